The van der Waals surface area contributed by atoms with Crippen molar-refractivity contribution in [2.75, 3.05) is 22.1 Å². The predicted molar refractivity (Wildman–Crippen MR) is 120 cm³/mol. The van der Waals surface area contributed by atoms with E-state index in [0.29, 0.717) is 30.0 Å². The second-order valence-corrected chi connectivity index (χ2v) is 9.54. The van der Waals surface area contributed by atoms with Gasteiger partial charge in [-0.25, -0.2) is 9.97 Å². The van der Waals surface area contributed by atoms with E-state index in [2.05, 4.69) is 25.8 Å². The van der Waals surface area contributed by atoms with Gasteiger partial charge in [0.05, 0.1) is 11.8 Å². The van der Waals surface area contributed by atoms with Crippen LogP contribution in [-0.4, -0.2) is 54.9 Å². The number of thiazole rings is 1. The van der Waals surface area contributed by atoms with Crippen LogP contribution in [0.3, 0.4) is 0 Å². The Kier molecular flexibility index (Phi) is 4.80. The molecule has 3 aliphatic rings. The largest absolute Gasteiger partial charge is 0.391 e. The van der Waals surface area contributed by atoms with Crippen LogP contribution < -0.4 is 15.5 Å². The van der Waals surface area contributed by atoms with E-state index in [1.807, 2.05) is 11.4 Å². The lowest BCUT2D eigenvalue weighted by molar-refractivity contribution is -0.117. The Morgan fingerprint density at radius 3 is 3.00 bits per heavy atom. The third-order valence-corrected chi connectivity index (χ3v) is 6.97. The van der Waals surface area contributed by atoms with Gasteiger partial charge in [-0.15, -0.1) is 11.3 Å². The molecule has 2 atom stereocenters. The summed E-state index contributed by atoms with van der Waals surface area (Å²) in [5.74, 6) is 2.31. The van der Waals surface area contributed by atoms with Crippen LogP contribution in [0.5, 0.6) is 0 Å². The van der Waals surface area contributed by atoms with Crippen molar-refractivity contribution in [1.29, 1.82) is 0 Å². The van der Waals surface area contributed by atoms with E-state index in [9.17, 15) is 9.90 Å². The van der Waals surface area contributed by atoms with Gasteiger partial charge < -0.3 is 20.6 Å². The molecule has 1 amide bonds. The van der Waals surface area contributed by atoms with E-state index >= 15 is 0 Å². The zero-order chi connectivity index (χ0) is 21.7. The number of rotatable bonds is 6. The minimum absolute atomic E-state index is 0.212. The molecule has 1 saturated carbocycles. The molecule has 2 fully saturated rings. The van der Waals surface area contributed by atoms with Crippen molar-refractivity contribution in [3.8, 4) is 0 Å². The first-order valence-electron chi connectivity index (χ1n) is 11.0. The van der Waals surface area contributed by atoms with Gasteiger partial charge >= 0.3 is 0 Å². The number of β-amino-alcohol motifs (C(OH)–C–C–N with tert-alkyl or cyclic N) is 1. The van der Waals surface area contributed by atoms with Crippen LogP contribution in [0, 0.1) is 0 Å². The molecular formula is C21H24N8O2S. The number of amides is 1. The number of aliphatic hydroxyl groups is 1. The van der Waals surface area contributed by atoms with E-state index < -0.39 is 12.1 Å². The lowest BCUT2D eigenvalue weighted by Crippen LogP contribution is -2.40. The highest BCUT2D eigenvalue weighted by Gasteiger charge is 2.39. The van der Waals surface area contributed by atoms with Crippen molar-refractivity contribution in [3.05, 3.63) is 34.6 Å². The minimum atomic E-state index is -0.622. The van der Waals surface area contributed by atoms with E-state index in [4.69, 9.17) is 9.97 Å². The normalized spacial score (nSPS) is 22.2. The van der Waals surface area contributed by atoms with E-state index in [0.717, 1.165) is 47.8 Å². The van der Waals surface area contributed by atoms with Gasteiger partial charge in [0.15, 0.2) is 10.9 Å². The molecule has 10 nitrogen and oxygen atoms in total. The molecule has 1 unspecified atom stereocenters. The van der Waals surface area contributed by atoms with Crippen LogP contribution >= 0.6 is 11.3 Å². The second kappa shape index (κ2) is 7.82. The molecule has 0 bridgehead atoms. The number of nitrogens with zero attached hydrogens (tertiary/aromatic N) is 5. The number of nitrogens with one attached hydrogen (secondary N) is 3. The Labute approximate surface area is 188 Å². The maximum absolute atomic E-state index is 12.9. The number of anilines is 4. The Balaban J connectivity index is 1.29. The quantitative estimate of drug-likeness (QED) is 0.448. The highest BCUT2D eigenvalue weighted by molar-refractivity contribution is 7.13. The van der Waals surface area contributed by atoms with Gasteiger partial charge in [0.25, 0.3) is 0 Å². The zero-order valence-electron chi connectivity index (χ0n) is 17.4. The zero-order valence-corrected chi connectivity index (χ0v) is 18.2. The molecule has 3 aromatic rings. The minimum Gasteiger partial charge on any atom is -0.391 e. The molecule has 1 aliphatic heterocycles. The molecule has 166 valence electrons. The molecule has 11 heteroatoms. The maximum Gasteiger partial charge on any atom is 0.249 e. The van der Waals surface area contributed by atoms with Crippen molar-refractivity contribution in [1.82, 2.24) is 25.1 Å². The fraction of sp³-hybridized carbons (Fsp3) is 0.476. The van der Waals surface area contributed by atoms with Crippen LogP contribution in [0.15, 0.2) is 17.6 Å². The van der Waals surface area contributed by atoms with Crippen molar-refractivity contribution in [3.63, 3.8) is 0 Å². The summed E-state index contributed by atoms with van der Waals surface area (Å²) in [6.07, 6.45) is 6.56. The summed E-state index contributed by atoms with van der Waals surface area (Å²) >= 11 is 1.36. The first-order valence-corrected chi connectivity index (χ1v) is 11.9. The lowest BCUT2D eigenvalue weighted by Gasteiger charge is -2.24. The van der Waals surface area contributed by atoms with Crippen LogP contribution in [-0.2, 0) is 17.6 Å². The predicted octanol–water partition coefficient (Wildman–Crippen LogP) is 2.34. The van der Waals surface area contributed by atoms with E-state index in [1.54, 1.807) is 11.1 Å². The lowest BCUT2D eigenvalue weighted by atomic mass is 10.2. The Morgan fingerprint density at radius 2 is 2.19 bits per heavy atom. The first kappa shape index (κ1) is 19.6. The third kappa shape index (κ3) is 3.71. The van der Waals surface area contributed by atoms with Crippen LogP contribution in [0.25, 0.3) is 0 Å². The average molecular weight is 453 g/mol. The summed E-state index contributed by atoms with van der Waals surface area (Å²) in [6.45, 7) is 0.308. The summed E-state index contributed by atoms with van der Waals surface area (Å²) < 4.78 is 0. The molecule has 3 aromatic heterocycles. The molecule has 0 radical (unpaired) electrons. The summed E-state index contributed by atoms with van der Waals surface area (Å²) in [5, 5.41) is 26.4. The van der Waals surface area contributed by atoms with Gasteiger partial charge in [-0.1, -0.05) is 0 Å². The van der Waals surface area contributed by atoms with Gasteiger partial charge in [0.2, 0.25) is 11.9 Å². The molecule has 4 heterocycles. The van der Waals surface area contributed by atoms with Crippen LogP contribution in [0.1, 0.15) is 48.6 Å². The molecule has 0 spiro atoms. The number of aromatic amines is 1. The number of H-pyrrole nitrogens is 1. The number of hydrogen-bond acceptors (Lipinski definition) is 9. The SMILES string of the molecule is O=C(Nc1nccs1)[C@H]1CC(O)CN1c1nc2c(c(Nc3cc(C4CC4)[nH]n3)n1)CCC2. The number of carbonyl (C=O) groups excluding carboxylic acids is 1. The van der Waals surface area contributed by atoms with Crippen molar-refractivity contribution < 1.29 is 9.90 Å². The van der Waals surface area contributed by atoms with Crippen molar-refractivity contribution in [2.24, 2.45) is 0 Å². The molecule has 6 rings (SSSR count). The number of fused-ring (bicyclic) bond motifs is 1. The average Bonchev–Trinajstić information content (AvgIpc) is 3.21. The van der Waals surface area contributed by atoms with Gasteiger partial charge in [-0.3, -0.25) is 9.89 Å². The van der Waals surface area contributed by atoms with Crippen molar-refractivity contribution >= 4 is 40.0 Å². The maximum atomic E-state index is 12.9. The number of hydrogen-bond donors (Lipinski definition) is 4. The summed E-state index contributed by atoms with van der Waals surface area (Å²) in [6, 6.07) is 1.48. The van der Waals surface area contributed by atoms with E-state index in [-0.39, 0.29) is 5.91 Å². The smallest absolute Gasteiger partial charge is 0.249 e. The van der Waals surface area contributed by atoms with Gasteiger partial charge in [-0.2, -0.15) is 10.1 Å². The fourth-order valence-corrected chi connectivity index (χ4v) is 5.07. The highest BCUT2D eigenvalue weighted by Crippen LogP contribution is 2.40. The van der Waals surface area contributed by atoms with Crippen molar-refractivity contribution in [2.45, 2.75) is 56.6 Å². The number of aliphatic hydroxyl groups excluding tert-OH is 1. The van der Waals surface area contributed by atoms with Gasteiger partial charge in [0.1, 0.15) is 11.9 Å². The monoisotopic (exact) mass is 452 g/mol. The summed E-state index contributed by atoms with van der Waals surface area (Å²) in [7, 11) is 0. The van der Waals surface area contributed by atoms with Crippen LogP contribution in [0.2, 0.25) is 0 Å². The fourth-order valence-electron chi connectivity index (χ4n) is 4.53. The molecular weight excluding hydrogens is 428 g/mol. The topological polar surface area (TPSA) is 132 Å². The third-order valence-electron chi connectivity index (χ3n) is 6.28. The molecule has 2 aliphatic carbocycles. The molecule has 32 heavy (non-hydrogen) atoms. The number of aryl methyl sites for hydroxylation is 1. The first-order chi connectivity index (χ1) is 15.6. The highest BCUT2D eigenvalue weighted by atomic mass is 32.1. The summed E-state index contributed by atoms with van der Waals surface area (Å²) in [5.41, 5.74) is 3.25. The van der Waals surface area contributed by atoms with Crippen LogP contribution in [0.4, 0.5) is 22.7 Å². The molecule has 1 saturated heterocycles. The summed E-state index contributed by atoms with van der Waals surface area (Å²) in [4.78, 5) is 28.5. The van der Waals surface area contributed by atoms with E-state index in [1.165, 1.54) is 24.2 Å². The Morgan fingerprint density at radius 1 is 1.28 bits per heavy atom. The van der Waals surface area contributed by atoms with Gasteiger partial charge in [-0.05, 0) is 32.1 Å². The Hall–Kier alpha value is -3.05. The number of aromatic nitrogens is 5. The molecule has 0 aromatic carbocycles. The standard InChI is InChI=1S/C21H24N8O2S/c30-12-8-16(19(31)26-21-22-6-7-32-21)29(10-12)20-23-14-3-1-2-13(14)18(25-20)24-17-9-15(27-28-17)11-4-5-11/h6-7,9,11-12,16,30H,1-5,8,10H2,(H,22,26,31)(H2,23,24,25,27,28)/t12?,16-/m1/s1. The number of carbonyl (C=O) groups is 1. The Bertz CT molecular complexity index is 1140. The molecule has 4 N–H and O–H groups in total. The van der Waals surface area contributed by atoms with Gasteiger partial charge in [0, 0.05) is 47.8 Å². The second-order valence-electron chi connectivity index (χ2n) is 8.64.